The molecule has 10 heteroatoms. The van der Waals surface area contributed by atoms with E-state index in [2.05, 4.69) is 20.0 Å². The van der Waals surface area contributed by atoms with E-state index < -0.39 is 10.0 Å². The van der Waals surface area contributed by atoms with Crippen LogP contribution in [0.4, 0.5) is 5.13 Å². The van der Waals surface area contributed by atoms with Gasteiger partial charge in [0.2, 0.25) is 10.0 Å². The van der Waals surface area contributed by atoms with Crippen LogP contribution < -0.4 is 10.0 Å². The van der Waals surface area contributed by atoms with Gasteiger partial charge in [0.1, 0.15) is 0 Å². The topological polar surface area (TPSA) is 128 Å². The molecule has 0 bridgehead atoms. The monoisotopic (exact) mass is 401 g/mol. The van der Waals surface area contributed by atoms with Crippen LogP contribution in [0.2, 0.25) is 0 Å². The molecule has 0 saturated carbocycles. The Hall–Kier alpha value is -3.00. The molecule has 0 fully saturated rings. The molecule has 1 aromatic carbocycles. The molecular weight excluding hydrogens is 386 g/mol. The molecule has 138 valence electrons. The van der Waals surface area contributed by atoms with Gasteiger partial charge in [0, 0.05) is 30.1 Å². The van der Waals surface area contributed by atoms with Gasteiger partial charge in [-0.1, -0.05) is 0 Å². The van der Waals surface area contributed by atoms with Crippen molar-refractivity contribution in [2.75, 3.05) is 11.9 Å². The molecule has 0 saturated heterocycles. The second-order valence-corrected chi connectivity index (χ2v) is 8.03. The van der Waals surface area contributed by atoms with Crippen molar-refractivity contribution in [3.8, 4) is 17.5 Å². The van der Waals surface area contributed by atoms with Crippen LogP contribution in [-0.2, 0) is 10.0 Å². The summed E-state index contributed by atoms with van der Waals surface area (Å²) in [5.74, 6) is -0.385. The highest BCUT2D eigenvalue weighted by atomic mass is 32.2. The smallest absolute Gasteiger partial charge is 0.257 e. The first-order valence-corrected chi connectivity index (χ1v) is 10.2. The Labute approximate surface area is 159 Å². The third-order valence-electron chi connectivity index (χ3n) is 3.55. The van der Waals surface area contributed by atoms with Gasteiger partial charge in [-0.3, -0.25) is 10.1 Å². The number of aromatic nitrogens is 2. The number of carbonyl (C=O) groups is 1. The van der Waals surface area contributed by atoms with Crippen molar-refractivity contribution in [3.63, 3.8) is 0 Å². The number of anilines is 1. The van der Waals surface area contributed by atoms with Gasteiger partial charge in [-0.2, -0.15) is 5.26 Å². The number of sulfonamides is 1. The number of hydrogen-bond acceptors (Lipinski definition) is 6. The van der Waals surface area contributed by atoms with Crippen LogP contribution in [0.25, 0.3) is 11.4 Å². The highest BCUT2D eigenvalue weighted by molar-refractivity contribution is 7.89. The fourth-order valence-corrected chi connectivity index (χ4v) is 3.96. The number of nitriles is 1. The number of H-pyrrole nitrogens is 1. The molecule has 0 aliphatic rings. The molecule has 0 atom stereocenters. The minimum absolute atomic E-state index is 0.0280. The SMILES string of the molecule is N#CCCNS(=O)(=O)c1ccc(C(=O)Nc2nc(-c3ccc[nH]3)cs2)cc1. The van der Waals surface area contributed by atoms with Gasteiger partial charge in [0.05, 0.1) is 22.4 Å². The number of amides is 1. The Balaban J connectivity index is 1.67. The second-order valence-electron chi connectivity index (χ2n) is 5.41. The van der Waals surface area contributed by atoms with Crippen molar-refractivity contribution in [2.24, 2.45) is 0 Å². The molecule has 0 aliphatic heterocycles. The van der Waals surface area contributed by atoms with Crippen LogP contribution >= 0.6 is 11.3 Å². The van der Waals surface area contributed by atoms with E-state index in [4.69, 9.17) is 5.26 Å². The lowest BCUT2D eigenvalue weighted by Gasteiger charge is -2.06. The zero-order valence-electron chi connectivity index (χ0n) is 14.0. The first-order valence-electron chi connectivity index (χ1n) is 7.87. The largest absolute Gasteiger partial charge is 0.360 e. The number of thiazole rings is 1. The van der Waals surface area contributed by atoms with Gasteiger partial charge in [-0.15, -0.1) is 11.3 Å². The zero-order chi connectivity index (χ0) is 19.3. The van der Waals surface area contributed by atoms with E-state index in [9.17, 15) is 13.2 Å². The minimum Gasteiger partial charge on any atom is -0.360 e. The van der Waals surface area contributed by atoms with Gasteiger partial charge < -0.3 is 4.98 Å². The van der Waals surface area contributed by atoms with Gasteiger partial charge in [0.25, 0.3) is 5.91 Å². The van der Waals surface area contributed by atoms with E-state index in [1.807, 2.05) is 23.6 Å². The van der Waals surface area contributed by atoms with Crippen molar-refractivity contribution in [1.82, 2.24) is 14.7 Å². The lowest BCUT2D eigenvalue weighted by molar-refractivity contribution is 0.102. The Morgan fingerprint density at radius 3 is 2.70 bits per heavy atom. The molecule has 3 aromatic rings. The molecule has 8 nitrogen and oxygen atoms in total. The molecule has 1 amide bonds. The predicted molar refractivity (Wildman–Crippen MR) is 102 cm³/mol. The quantitative estimate of drug-likeness (QED) is 0.524. The second kappa shape index (κ2) is 8.13. The minimum atomic E-state index is -3.70. The lowest BCUT2D eigenvalue weighted by atomic mass is 10.2. The maximum Gasteiger partial charge on any atom is 0.257 e. The standard InChI is InChI=1S/C17H15N5O3S2/c18-8-2-10-20-27(24,25)13-6-4-12(5-7-13)16(23)22-17-21-15(11-26-17)14-3-1-9-19-14/h1,3-7,9,11,19-20H,2,10H2,(H,21,22,23). The Morgan fingerprint density at radius 1 is 1.26 bits per heavy atom. The van der Waals surface area contributed by atoms with Crippen LogP contribution in [0.15, 0.2) is 52.9 Å². The molecule has 3 rings (SSSR count). The first kappa shape index (κ1) is 18.8. The van der Waals surface area contributed by atoms with Gasteiger partial charge in [-0.05, 0) is 36.4 Å². The van der Waals surface area contributed by atoms with Crippen LogP contribution in [0.5, 0.6) is 0 Å². The number of benzene rings is 1. The summed E-state index contributed by atoms with van der Waals surface area (Å²) in [5.41, 5.74) is 1.89. The molecule has 0 spiro atoms. The average Bonchev–Trinajstić information content (AvgIpc) is 3.33. The Bertz CT molecular complexity index is 1060. The van der Waals surface area contributed by atoms with Crippen LogP contribution in [0.3, 0.4) is 0 Å². The van der Waals surface area contributed by atoms with E-state index in [-0.39, 0.29) is 23.8 Å². The Kier molecular flexibility index (Phi) is 5.66. The normalized spacial score (nSPS) is 11.1. The third kappa shape index (κ3) is 4.59. The fourth-order valence-electron chi connectivity index (χ4n) is 2.22. The van der Waals surface area contributed by atoms with Crippen molar-refractivity contribution >= 4 is 32.4 Å². The summed E-state index contributed by atoms with van der Waals surface area (Å²) in [6.45, 7) is 0.0360. The summed E-state index contributed by atoms with van der Waals surface area (Å²) < 4.78 is 26.4. The van der Waals surface area contributed by atoms with E-state index in [1.54, 1.807) is 6.20 Å². The van der Waals surface area contributed by atoms with E-state index in [1.165, 1.54) is 35.6 Å². The van der Waals surface area contributed by atoms with E-state index in [0.29, 0.717) is 10.7 Å². The maximum absolute atomic E-state index is 12.3. The molecule has 27 heavy (non-hydrogen) atoms. The number of nitrogens with one attached hydrogen (secondary N) is 3. The molecule has 2 aromatic heterocycles. The van der Waals surface area contributed by atoms with E-state index >= 15 is 0 Å². The fraction of sp³-hybridized carbons (Fsp3) is 0.118. The highest BCUT2D eigenvalue weighted by Gasteiger charge is 2.15. The summed E-state index contributed by atoms with van der Waals surface area (Å²) in [5, 5.41) is 13.4. The summed E-state index contributed by atoms with van der Waals surface area (Å²) >= 11 is 1.29. The summed E-state index contributed by atoms with van der Waals surface area (Å²) in [6, 6.07) is 11.1. The van der Waals surface area contributed by atoms with Crippen LogP contribution in [0, 0.1) is 11.3 Å². The van der Waals surface area contributed by atoms with Crippen molar-refractivity contribution in [2.45, 2.75) is 11.3 Å². The number of carbonyl (C=O) groups excluding carboxylic acids is 1. The molecule has 0 unspecified atom stereocenters. The van der Waals surface area contributed by atoms with Gasteiger partial charge >= 0.3 is 0 Å². The van der Waals surface area contributed by atoms with Crippen molar-refractivity contribution in [3.05, 3.63) is 53.5 Å². The number of aromatic amines is 1. The summed E-state index contributed by atoms with van der Waals surface area (Å²) in [6.07, 6.45) is 1.87. The number of hydrogen-bond donors (Lipinski definition) is 3. The van der Waals surface area contributed by atoms with Crippen molar-refractivity contribution < 1.29 is 13.2 Å². The molecule has 2 heterocycles. The maximum atomic E-state index is 12.3. The Morgan fingerprint density at radius 2 is 2.04 bits per heavy atom. The van der Waals surface area contributed by atoms with Crippen LogP contribution in [-0.4, -0.2) is 30.8 Å². The number of nitrogens with zero attached hydrogens (tertiary/aromatic N) is 2. The first-order chi connectivity index (χ1) is 13.0. The molecule has 0 aliphatic carbocycles. The zero-order valence-corrected chi connectivity index (χ0v) is 15.6. The average molecular weight is 401 g/mol. The van der Waals surface area contributed by atoms with Crippen molar-refractivity contribution in [1.29, 1.82) is 5.26 Å². The third-order valence-corrected chi connectivity index (χ3v) is 5.79. The molecule has 0 radical (unpaired) electrons. The molecule has 3 N–H and O–H groups in total. The van der Waals surface area contributed by atoms with E-state index in [0.717, 1.165) is 11.4 Å². The summed E-state index contributed by atoms with van der Waals surface area (Å²) in [7, 11) is -3.70. The van der Waals surface area contributed by atoms with Gasteiger partial charge in [-0.25, -0.2) is 18.1 Å². The number of rotatable bonds is 7. The highest BCUT2D eigenvalue weighted by Crippen LogP contribution is 2.24. The molecular formula is C17H15N5O3S2. The van der Waals surface area contributed by atoms with Gasteiger partial charge in [0.15, 0.2) is 5.13 Å². The lowest BCUT2D eigenvalue weighted by Crippen LogP contribution is -2.24. The predicted octanol–water partition coefficient (Wildman–Crippen LogP) is 2.58. The van der Waals surface area contributed by atoms with Crippen LogP contribution in [0.1, 0.15) is 16.8 Å². The summed E-state index contributed by atoms with van der Waals surface area (Å²) in [4.78, 5) is 19.7.